The molecule has 0 aromatic carbocycles. The molecule has 1 N–H and O–H groups in total. The Morgan fingerprint density at radius 2 is 2.08 bits per heavy atom. The zero-order valence-corrected chi connectivity index (χ0v) is 14.9. The van der Waals surface area contributed by atoms with Crippen molar-refractivity contribution in [3.8, 4) is 17.5 Å². The van der Waals surface area contributed by atoms with Crippen molar-refractivity contribution in [3.63, 3.8) is 0 Å². The van der Waals surface area contributed by atoms with E-state index in [-0.39, 0.29) is 11.7 Å². The summed E-state index contributed by atoms with van der Waals surface area (Å²) in [5.41, 5.74) is 0.258. The van der Waals surface area contributed by atoms with E-state index in [0.717, 1.165) is 37.1 Å². The Bertz CT molecular complexity index is 776. The largest absolute Gasteiger partial charge is 0.337 e. The number of nitriles is 1. The highest BCUT2D eigenvalue weighted by atomic mass is 32.2. The highest BCUT2D eigenvalue weighted by molar-refractivity contribution is 7.99. The molecule has 1 amide bonds. The monoisotopic (exact) mass is 356 g/mol. The number of pyridine rings is 1. The van der Waals surface area contributed by atoms with Crippen LogP contribution in [0.3, 0.4) is 0 Å². The lowest BCUT2D eigenvalue weighted by Crippen LogP contribution is -2.45. The summed E-state index contributed by atoms with van der Waals surface area (Å²) >= 11 is 1.34. The zero-order valence-electron chi connectivity index (χ0n) is 14.1. The lowest BCUT2D eigenvalue weighted by Gasteiger charge is -2.21. The van der Waals surface area contributed by atoms with Crippen LogP contribution < -0.4 is 5.32 Å². The molecule has 1 aliphatic carbocycles. The molecule has 0 unspecified atom stereocenters. The lowest BCUT2D eigenvalue weighted by atomic mass is 10.0. The smallest absolute Gasteiger partial charge is 0.231 e. The number of aromatic nitrogens is 4. The minimum Gasteiger partial charge on any atom is -0.337 e. The van der Waals surface area contributed by atoms with Gasteiger partial charge in [-0.05, 0) is 44.7 Å². The van der Waals surface area contributed by atoms with Crippen molar-refractivity contribution >= 4 is 17.7 Å². The van der Waals surface area contributed by atoms with Crippen LogP contribution in [0.25, 0.3) is 11.4 Å². The molecular weight excluding hydrogens is 336 g/mol. The van der Waals surface area contributed by atoms with E-state index < -0.39 is 5.54 Å². The van der Waals surface area contributed by atoms with Crippen LogP contribution in [0.5, 0.6) is 0 Å². The van der Waals surface area contributed by atoms with Crippen molar-refractivity contribution in [1.29, 1.82) is 5.26 Å². The third kappa shape index (κ3) is 3.82. The van der Waals surface area contributed by atoms with Gasteiger partial charge in [-0.1, -0.05) is 11.8 Å². The highest BCUT2D eigenvalue weighted by Crippen LogP contribution is 2.29. The molecule has 0 bridgehead atoms. The van der Waals surface area contributed by atoms with Gasteiger partial charge in [0.15, 0.2) is 11.0 Å². The van der Waals surface area contributed by atoms with Crippen molar-refractivity contribution in [2.45, 2.75) is 49.8 Å². The molecule has 0 aliphatic heterocycles. The maximum Gasteiger partial charge on any atom is 0.231 e. The number of nitrogens with zero attached hydrogens (tertiary/aromatic N) is 5. The van der Waals surface area contributed by atoms with Crippen LogP contribution in [0, 0.1) is 11.3 Å². The van der Waals surface area contributed by atoms with Gasteiger partial charge >= 0.3 is 0 Å². The Morgan fingerprint density at radius 1 is 1.36 bits per heavy atom. The topological polar surface area (TPSA) is 96.5 Å². The first-order valence-corrected chi connectivity index (χ1v) is 9.34. The minimum atomic E-state index is -0.682. The van der Waals surface area contributed by atoms with Crippen LogP contribution >= 0.6 is 11.8 Å². The Kier molecular flexibility index (Phi) is 5.34. The quantitative estimate of drug-likeness (QED) is 0.798. The molecule has 0 spiro atoms. The normalized spacial score (nSPS) is 15.7. The maximum atomic E-state index is 12.3. The number of hydrogen-bond acceptors (Lipinski definition) is 6. The number of carbonyl (C=O) groups is 1. The molecule has 2 aromatic rings. The van der Waals surface area contributed by atoms with Gasteiger partial charge in [-0.3, -0.25) is 9.78 Å². The summed E-state index contributed by atoms with van der Waals surface area (Å²) in [6.07, 6.45) is 6.87. The van der Waals surface area contributed by atoms with Gasteiger partial charge in [0.1, 0.15) is 5.54 Å². The van der Waals surface area contributed by atoms with E-state index in [4.69, 9.17) is 0 Å². The summed E-state index contributed by atoms with van der Waals surface area (Å²) in [5.74, 6) is 0.847. The Labute approximate surface area is 150 Å². The highest BCUT2D eigenvalue weighted by Gasteiger charge is 2.35. The Hall–Kier alpha value is -2.40. The SMILES string of the molecule is CCn1c(SCC(=O)NC2(C#N)CCCC2)nnc1-c1ccncc1. The van der Waals surface area contributed by atoms with E-state index >= 15 is 0 Å². The van der Waals surface area contributed by atoms with Gasteiger partial charge in [0.25, 0.3) is 0 Å². The first-order valence-electron chi connectivity index (χ1n) is 8.36. The molecular formula is C17H20N6OS. The van der Waals surface area contributed by atoms with Crippen molar-refractivity contribution < 1.29 is 4.79 Å². The molecule has 0 radical (unpaired) electrons. The van der Waals surface area contributed by atoms with Gasteiger partial charge in [0, 0.05) is 24.5 Å². The molecule has 25 heavy (non-hydrogen) atoms. The van der Waals surface area contributed by atoms with Crippen molar-refractivity contribution in [2.75, 3.05) is 5.75 Å². The number of carbonyl (C=O) groups excluding carboxylic acids is 1. The van der Waals surface area contributed by atoms with E-state index in [2.05, 4.69) is 26.6 Å². The van der Waals surface area contributed by atoms with Crippen LogP contribution in [0.4, 0.5) is 0 Å². The second kappa shape index (κ2) is 7.66. The van der Waals surface area contributed by atoms with Crippen molar-refractivity contribution in [2.24, 2.45) is 0 Å². The van der Waals surface area contributed by atoms with Gasteiger partial charge in [-0.15, -0.1) is 10.2 Å². The van der Waals surface area contributed by atoms with E-state index in [9.17, 15) is 10.1 Å². The average molecular weight is 356 g/mol. The van der Waals surface area contributed by atoms with E-state index in [0.29, 0.717) is 11.7 Å². The minimum absolute atomic E-state index is 0.135. The fraction of sp³-hybridized carbons (Fsp3) is 0.471. The van der Waals surface area contributed by atoms with Crippen molar-refractivity contribution in [1.82, 2.24) is 25.1 Å². The Morgan fingerprint density at radius 3 is 2.72 bits per heavy atom. The van der Waals surface area contributed by atoms with E-state index in [1.807, 2.05) is 23.6 Å². The molecule has 1 fully saturated rings. The number of hydrogen-bond donors (Lipinski definition) is 1. The third-order valence-corrected chi connectivity index (χ3v) is 5.32. The number of amides is 1. The predicted octanol–water partition coefficient (Wildman–Crippen LogP) is 2.40. The number of thioether (sulfide) groups is 1. The van der Waals surface area contributed by atoms with Gasteiger partial charge in [-0.2, -0.15) is 5.26 Å². The summed E-state index contributed by atoms with van der Waals surface area (Å²) < 4.78 is 1.98. The van der Waals surface area contributed by atoms with Crippen LogP contribution in [0.1, 0.15) is 32.6 Å². The van der Waals surface area contributed by atoms with Gasteiger partial charge in [0.2, 0.25) is 5.91 Å². The van der Waals surface area contributed by atoms with Crippen LogP contribution in [0.2, 0.25) is 0 Å². The van der Waals surface area contributed by atoms with E-state index in [1.54, 1.807) is 12.4 Å². The van der Waals surface area contributed by atoms with Crippen LogP contribution in [0.15, 0.2) is 29.7 Å². The number of rotatable bonds is 6. The fourth-order valence-electron chi connectivity index (χ4n) is 3.07. The summed E-state index contributed by atoms with van der Waals surface area (Å²) in [7, 11) is 0. The average Bonchev–Trinajstić information content (AvgIpc) is 3.27. The standard InChI is InChI=1S/C17H20N6OS/c1-2-23-15(13-5-9-19-10-6-13)21-22-16(23)25-11-14(24)20-17(12-18)7-3-4-8-17/h5-6,9-10H,2-4,7-8,11H2,1H3,(H,20,24). The molecule has 3 rings (SSSR count). The molecule has 0 atom stereocenters. The zero-order chi connectivity index (χ0) is 17.7. The molecule has 7 nitrogen and oxygen atoms in total. The van der Waals surface area contributed by atoms with Crippen molar-refractivity contribution in [3.05, 3.63) is 24.5 Å². The molecule has 8 heteroatoms. The summed E-state index contributed by atoms with van der Waals surface area (Å²) in [4.78, 5) is 16.3. The molecule has 2 heterocycles. The summed E-state index contributed by atoms with van der Waals surface area (Å²) in [5, 5.41) is 21.4. The first-order chi connectivity index (χ1) is 12.2. The van der Waals surface area contributed by atoms with Gasteiger partial charge in [0.05, 0.1) is 11.8 Å². The molecule has 2 aromatic heterocycles. The molecule has 0 saturated heterocycles. The van der Waals surface area contributed by atoms with E-state index in [1.165, 1.54) is 11.8 Å². The maximum absolute atomic E-state index is 12.3. The van der Waals surface area contributed by atoms with Crippen LogP contribution in [-0.2, 0) is 11.3 Å². The fourth-order valence-corrected chi connectivity index (χ4v) is 3.87. The van der Waals surface area contributed by atoms with Gasteiger partial charge in [-0.25, -0.2) is 0 Å². The summed E-state index contributed by atoms with van der Waals surface area (Å²) in [6.45, 7) is 2.72. The second-order valence-corrected chi connectivity index (χ2v) is 6.97. The lowest BCUT2D eigenvalue weighted by molar-refractivity contribution is -0.119. The molecule has 1 aliphatic rings. The number of nitrogens with one attached hydrogen (secondary N) is 1. The second-order valence-electron chi connectivity index (χ2n) is 6.02. The third-order valence-electron chi connectivity index (χ3n) is 4.35. The molecule has 1 saturated carbocycles. The molecule has 130 valence electrons. The predicted molar refractivity (Wildman–Crippen MR) is 94.6 cm³/mol. The first kappa shape index (κ1) is 17.4. The van der Waals surface area contributed by atoms with Gasteiger partial charge < -0.3 is 9.88 Å². The van der Waals surface area contributed by atoms with Crippen LogP contribution in [-0.4, -0.2) is 36.9 Å². The summed E-state index contributed by atoms with van der Waals surface area (Å²) in [6, 6.07) is 6.04. The Balaban J connectivity index is 1.67.